The van der Waals surface area contributed by atoms with E-state index in [2.05, 4.69) is 19.2 Å². The van der Waals surface area contributed by atoms with E-state index in [1.807, 2.05) is 13.8 Å². The third-order valence-electron chi connectivity index (χ3n) is 2.94. The zero-order chi connectivity index (χ0) is 11.8. The molecule has 3 atom stereocenters. The van der Waals surface area contributed by atoms with Crippen molar-refractivity contribution in [2.45, 2.75) is 65.5 Å². The summed E-state index contributed by atoms with van der Waals surface area (Å²) in [6.07, 6.45) is 4.30. The first-order valence-electron chi connectivity index (χ1n) is 6.08. The summed E-state index contributed by atoms with van der Waals surface area (Å²) < 4.78 is 0. The van der Waals surface area contributed by atoms with E-state index in [0.29, 0.717) is 0 Å². The molecule has 0 saturated carbocycles. The van der Waals surface area contributed by atoms with E-state index in [0.717, 1.165) is 25.7 Å². The van der Waals surface area contributed by atoms with Crippen molar-refractivity contribution in [3.63, 3.8) is 0 Å². The highest BCUT2D eigenvalue weighted by molar-refractivity contribution is 5.81. The maximum absolute atomic E-state index is 11.7. The molecule has 3 heteroatoms. The van der Waals surface area contributed by atoms with Crippen LogP contribution in [0.3, 0.4) is 0 Å². The zero-order valence-corrected chi connectivity index (χ0v) is 10.5. The van der Waals surface area contributed by atoms with Gasteiger partial charge in [0.1, 0.15) is 0 Å². The SMILES string of the molecule is CCCCC(C)NC(=O)C(N)C(C)CC. The first-order valence-corrected chi connectivity index (χ1v) is 6.08. The summed E-state index contributed by atoms with van der Waals surface area (Å²) in [6.45, 7) is 8.26. The van der Waals surface area contributed by atoms with Gasteiger partial charge in [-0.05, 0) is 19.3 Å². The third-order valence-corrected chi connectivity index (χ3v) is 2.94. The lowest BCUT2D eigenvalue weighted by atomic mass is 9.99. The van der Waals surface area contributed by atoms with Gasteiger partial charge in [-0.2, -0.15) is 0 Å². The molecule has 0 bridgehead atoms. The van der Waals surface area contributed by atoms with Crippen LogP contribution in [0.2, 0.25) is 0 Å². The average Bonchev–Trinajstić information content (AvgIpc) is 2.23. The van der Waals surface area contributed by atoms with Gasteiger partial charge in [-0.25, -0.2) is 0 Å². The van der Waals surface area contributed by atoms with Crippen LogP contribution in [0.25, 0.3) is 0 Å². The van der Waals surface area contributed by atoms with E-state index >= 15 is 0 Å². The highest BCUT2D eigenvalue weighted by Gasteiger charge is 2.20. The fourth-order valence-corrected chi connectivity index (χ4v) is 1.43. The first-order chi connectivity index (χ1) is 7.02. The maximum Gasteiger partial charge on any atom is 0.237 e. The third kappa shape index (κ3) is 5.78. The molecule has 0 aliphatic carbocycles. The Morgan fingerprint density at radius 2 is 1.93 bits per heavy atom. The number of carbonyl (C=O) groups excluding carboxylic acids is 1. The number of rotatable bonds is 7. The number of amides is 1. The Morgan fingerprint density at radius 1 is 1.33 bits per heavy atom. The summed E-state index contributed by atoms with van der Waals surface area (Å²) in [7, 11) is 0. The Labute approximate surface area is 93.8 Å². The van der Waals surface area contributed by atoms with Crippen molar-refractivity contribution in [3.8, 4) is 0 Å². The van der Waals surface area contributed by atoms with Gasteiger partial charge in [0.25, 0.3) is 0 Å². The molecule has 3 N–H and O–H groups in total. The second-order valence-electron chi connectivity index (χ2n) is 4.46. The van der Waals surface area contributed by atoms with Crippen molar-refractivity contribution >= 4 is 5.91 Å². The molecule has 0 aliphatic heterocycles. The molecule has 90 valence electrons. The molecular formula is C12H26N2O. The minimum atomic E-state index is -0.362. The monoisotopic (exact) mass is 214 g/mol. The van der Waals surface area contributed by atoms with Crippen LogP contribution in [0.4, 0.5) is 0 Å². The average molecular weight is 214 g/mol. The molecule has 1 amide bonds. The lowest BCUT2D eigenvalue weighted by Gasteiger charge is -2.21. The Bertz CT molecular complexity index is 182. The van der Waals surface area contributed by atoms with E-state index in [1.165, 1.54) is 0 Å². The summed E-state index contributed by atoms with van der Waals surface area (Å²) in [5, 5.41) is 2.97. The quantitative estimate of drug-likeness (QED) is 0.681. The van der Waals surface area contributed by atoms with Crippen LogP contribution in [0.5, 0.6) is 0 Å². The van der Waals surface area contributed by atoms with Crippen molar-refractivity contribution in [1.82, 2.24) is 5.32 Å². The van der Waals surface area contributed by atoms with Crippen LogP contribution in [-0.4, -0.2) is 18.0 Å². The summed E-state index contributed by atoms with van der Waals surface area (Å²) in [6, 6.07) is -0.119. The van der Waals surface area contributed by atoms with Gasteiger partial charge < -0.3 is 11.1 Å². The van der Waals surface area contributed by atoms with Gasteiger partial charge >= 0.3 is 0 Å². The highest BCUT2D eigenvalue weighted by atomic mass is 16.2. The van der Waals surface area contributed by atoms with Gasteiger partial charge in [-0.15, -0.1) is 0 Å². The van der Waals surface area contributed by atoms with Crippen LogP contribution in [0.1, 0.15) is 53.4 Å². The lowest BCUT2D eigenvalue weighted by molar-refractivity contribution is -0.124. The molecule has 0 aliphatic rings. The number of nitrogens with two attached hydrogens (primary N) is 1. The smallest absolute Gasteiger partial charge is 0.237 e. The number of nitrogens with one attached hydrogen (secondary N) is 1. The van der Waals surface area contributed by atoms with Crippen LogP contribution in [0.15, 0.2) is 0 Å². The lowest BCUT2D eigenvalue weighted by Crippen LogP contribution is -2.47. The molecule has 0 heterocycles. The molecule has 15 heavy (non-hydrogen) atoms. The summed E-state index contributed by atoms with van der Waals surface area (Å²) in [5.74, 6) is 0.247. The van der Waals surface area contributed by atoms with E-state index in [9.17, 15) is 4.79 Å². The van der Waals surface area contributed by atoms with E-state index in [1.54, 1.807) is 0 Å². The Morgan fingerprint density at radius 3 is 2.40 bits per heavy atom. The fourth-order valence-electron chi connectivity index (χ4n) is 1.43. The summed E-state index contributed by atoms with van der Waals surface area (Å²) in [4.78, 5) is 11.7. The maximum atomic E-state index is 11.7. The molecule has 0 aromatic carbocycles. The van der Waals surface area contributed by atoms with E-state index < -0.39 is 0 Å². The molecule has 0 aromatic rings. The van der Waals surface area contributed by atoms with Crippen LogP contribution in [-0.2, 0) is 4.79 Å². The molecule has 3 unspecified atom stereocenters. The Hall–Kier alpha value is -0.570. The zero-order valence-electron chi connectivity index (χ0n) is 10.5. The van der Waals surface area contributed by atoms with Gasteiger partial charge in [0.2, 0.25) is 5.91 Å². The number of carbonyl (C=O) groups is 1. The molecule has 0 fully saturated rings. The van der Waals surface area contributed by atoms with Gasteiger partial charge in [-0.3, -0.25) is 4.79 Å². The summed E-state index contributed by atoms with van der Waals surface area (Å²) in [5.41, 5.74) is 5.84. The molecule has 3 nitrogen and oxygen atoms in total. The second kappa shape index (κ2) is 7.69. The van der Waals surface area contributed by atoms with Crippen molar-refractivity contribution in [2.75, 3.05) is 0 Å². The minimum absolute atomic E-state index is 0.00652. The van der Waals surface area contributed by atoms with Crippen molar-refractivity contribution < 1.29 is 4.79 Å². The standard InChI is InChI=1S/C12H26N2O/c1-5-7-8-10(4)14-12(15)11(13)9(3)6-2/h9-11H,5-8,13H2,1-4H3,(H,14,15). The first kappa shape index (κ1) is 14.4. The number of hydrogen-bond donors (Lipinski definition) is 2. The molecule has 0 rings (SSSR count). The van der Waals surface area contributed by atoms with Gasteiger partial charge in [0, 0.05) is 6.04 Å². The molecule has 0 aromatic heterocycles. The number of hydrogen-bond acceptors (Lipinski definition) is 2. The fraction of sp³-hybridized carbons (Fsp3) is 0.917. The largest absolute Gasteiger partial charge is 0.352 e. The Balaban J connectivity index is 3.90. The van der Waals surface area contributed by atoms with Crippen molar-refractivity contribution in [3.05, 3.63) is 0 Å². The summed E-state index contributed by atoms with van der Waals surface area (Å²) >= 11 is 0. The number of unbranched alkanes of at least 4 members (excludes halogenated alkanes) is 1. The van der Waals surface area contributed by atoms with Gasteiger partial charge in [0.15, 0.2) is 0 Å². The van der Waals surface area contributed by atoms with E-state index in [4.69, 9.17) is 5.73 Å². The highest BCUT2D eigenvalue weighted by Crippen LogP contribution is 2.06. The second-order valence-corrected chi connectivity index (χ2v) is 4.46. The van der Waals surface area contributed by atoms with Crippen LogP contribution in [0, 0.1) is 5.92 Å². The van der Waals surface area contributed by atoms with Crippen molar-refractivity contribution in [1.29, 1.82) is 0 Å². The molecular weight excluding hydrogens is 188 g/mol. The van der Waals surface area contributed by atoms with Crippen molar-refractivity contribution in [2.24, 2.45) is 11.7 Å². The Kier molecular flexibility index (Phi) is 7.39. The molecule has 0 radical (unpaired) electrons. The predicted octanol–water partition coefficient (Wildman–Crippen LogP) is 2.05. The van der Waals surface area contributed by atoms with Gasteiger partial charge in [0.05, 0.1) is 6.04 Å². The minimum Gasteiger partial charge on any atom is -0.352 e. The predicted molar refractivity (Wildman–Crippen MR) is 64.6 cm³/mol. The van der Waals surface area contributed by atoms with Gasteiger partial charge in [-0.1, -0.05) is 40.0 Å². The topological polar surface area (TPSA) is 55.1 Å². The molecule has 0 saturated heterocycles. The van der Waals surface area contributed by atoms with E-state index in [-0.39, 0.29) is 23.9 Å². The van der Waals surface area contributed by atoms with Crippen LogP contribution < -0.4 is 11.1 Å². The van der Waals surface area contributed by atoms with Crippen LogP contribution >= 0.6 is 0 Å². The molecule has 0 spiro atoms. The normalized spacial score (nSPS) is 16.9.